The van der Waals surface area contributed by atoms with E-state index in [9.17, 15) is 23.4 Å². The molecule has 0 saturated carbocycles. The van der Waals surface area contributed by atoms with E-state index in [0.29, 0.717) is 13.1 Å². The second kappa shape index (κ2) is 6.51. The maximum atomic E-state index is 13.2. The second-order valence-corrected chi connectivity index (χ2v) is 4.45. The molecular formula is C12H16ClF3N2O2. The van der Waals surface area contributed by atoms with E-state index in [4.69, 9.17) is 0 Å². The fraction of sp³-hybridized carbons (Fsp3) is 0.500. The molecular weight excluding hydrogens is 297 g/mol. The zero-order valence-electron chi connectivity index (χ0n) is 10.5. The third kappa shape index (κ3) is 3.47. The minimum atomic E-state index is -4.51. The van der Waals surface area contributed by atoms with Crippen molar-refractivity contribution in [2.24, 2.45) is 0 Å². The number of rotatable bonds is 2. The lowest BCUT2D eigenvalue weighted by atomic mass is 10.0. The van der Waals surface area contributed by atoms with Crippen LogP contribution in [0.25, 0.3) is 0 Å². The molecule has 20 heavy (non-hydrogen) atoms. The number of piperazine rings is 1. The van der Waals surface area contributed by atoms with Gasteiger partial charge in [-0.1, -0.05) is 12.1 Å². The van der Waals surface area contributed by atoms with Crippen molar-refractivity contribution in [3.8, 4) is 11.5 Å². The predicted octanol–water partition coefficient (Wildman–Crippen LogP) is 2.03. The van der Waals surface area contributed by atoms with Gasteiger partial charge in [-0.3, -0.25) is 4.90 Å². The Morgan fingerprint density at radius 1 is 1.15 bits per heavy atom. The predicted molar refractivity (Wildman–Crippen MR) is 70.3 cm³/mol. The minimum Gasteiger partial charge on any atom is -0.504 e. The Labute approximate surface area is 120 Å². The molecule has 1 aromatic rings. The molecule has 1 aliphatic rings. The maximum absolute atomic E-state index is 13.2. The van der Waals surface area contributed by atoms with Gasteiger partial charge < -0.3 is 15.5 Å². The Kier molecular flexibility index (Phi) is 5.50. The molecule has 0 spiro atoms. The highest BCUT2D eigenvalue weighted by Crippen LogP contribution is 2.43. The van der Waals surface area contributed by atoms with Crippen molar-refractivity contribution in [2.45, 2.75) is 12.2 Å². The third-order valence-electron chi connectivity index (χ3n) is 3.17. The second-order valence-electron chi connectivity index (χ2n) is 4.45. The van der Waals surface area contributed by atoms with Crippen LogP contribution in [0.1, 0.15) is 11.6 Å². The van der Waals surface area contributed by atoms with Gasteiger partial charge in [-0.2, -0.15) is 13.2 Å². The van der Waals surface area contributed by atoms with Crippen molar-refractivity contribution in [3.05, 3.63) is 23.8 Å². The van der Waals surface area contributed by atoms with Crippen LogP contribution in [0.4, 0.5) is 13.2 Å². The molecule has 0 unspecified atom stereocenters. The van der Waals surface area contributed by atoms with Gasteiger partial charge >= 0.3 is 6.18 Å². The zero-order valence-corrected chi connectivity index (χ0v) is 11.3. The van der Waals surface area contributed by atoms with Crippen molar-refractivity contribution in [1.82, 2.24) is 10.2 Å². The van der Waals surface area contributed by atoms with Crippen molar-refractivity contribution in [3.63, 3.8) is 0 Å². The molecule has 1 atom stereocenters. The van der Waals surface area contributed by atoms with Crippen LogP contribution in [-0.4, -0.2) is 47.5 Å². The highest BCUT2D eigenvalue weighted by molar-refractivity contribution is 5.85. The average Bonchev–Trinajstić information content (AvgIpc) is 2.35. The monoisotopic (exact) mass is 312 g/mol. The minimum absolute atomic E-state index is 0. The first-order valence-corrected chi connectivity index (χ1v) is 5.93. The number of alkyl halides is 3. The molecule has 8 heteroatoms. The molecule has 1 aliphatic heterocycles. The quantitative estimate of drug-likeness (QED) is 0.732. The lowest BCUT2D eigenvalue weighted by Gasteiger charge is -2.36. The van der Waals surface area contributed by atoms with Gasteiger partial charge in [0.15, 0.2) is 11.5 Å². The number of benzene rings is 1. The molecule has 1 aromatic carbocycles. The molecule has 114 valence electrons. The maximum Gasteiger partial charge on any atom is 0.408 e. The van der Waals surface area contributed by atoms with Crippen molar-refractivity contribution in [1.29, 1.82) is 0 Å². The summed E-state index contributed by atoms with van der Waals surface area (Å²) in [5, 5.41) is 22.0. The largest absolute Gasteiger partial charge is 0.504 e. The van der Waals surface area contributed by atoms with Gasteiger partial charge in [0, 0.05) is 31.7 Å². The van der Waals surface area contributed by atoms with Crippen LogP contribution in [0.5, 0.6) is 11.5 Å². The first kappa shape index (κ1) is 16.9. The normalized spacial score (nSPS) is 18.4. The zero-order chi connectivity index (χ0) is 14.0. The molecule has 1 saturated heterocycles. The number of hydrogen-bond acceptors (Lipinski definition) is 4. The first-order valence-electron chi connectivity index (χ1n) is 5.93. The van der Waals surface area contributed by atoms with Crippen molar-refractivity contribution >= 4 is 12.4 Å². The van der Waals surface area contributed by atoms with Gasteiger partial charge in [0.05, 0.1) is 0 Å². The fourth-order valence-corrected chi connectivity index (χ4v) is 2.29. The van der Waals surface area contributed by atoms with Gasteiger partial charge in [-0.25, -0.2) is 0 Å². The number of phenolic OH excluding ortho intramolecular Hbond substituents is 2. The highest BCUT2D eigenvalue weighted by Gasteiger charge is 2.46. The van der Waals surface area contributed by atoms with Crippen molar-refractivity contribution in [2.75, 3.05) is 26.2 Å². The molecule has 0 amide bonds. The van der Waals surface area contributed by atoms with E-state index in [1.54, 1.807) is 0 Å². The number of aromatic hydroxyl groups is 2. The van der Waals surface area contributed by atoms with E-state index in [0.717, 1.165) is 6.07 Å². The Hall–Kier alpha value is -1.18. The molecule has 0 radical (unpaired) electrons. The van der Waals surface area contributed by atoms with Crippen LogP contribution in [0.15, 0.2) is 18.2 Å². The number of halogens is 4. The molecule has 1 heterocycles. The van der Waals surface area contributed by atoms with Gasteiger partial charge in [-0.15, -0.1) is 12.4 Å². The Morgan fingerprint density at radius 3 is 2.30 bits per heavy atom. The Bertz CT molecular complexity index is 451. The van der Waals surface area contributed by atoms with Crippen LogP contribution in [0, 0.1) is 0 Å². The van der Waals surface area contributed by atoms with Gasteiger partial charge in [0.25, 0.3) is 0 Å². The summed E-state index contributed by atoms with van der Waals surface area (Å²) in [6.07, 6.45) is -4.51. The fourth-order valence-electron chi connectivity index (χ4n) is 2.29. The molecule has 3 N–H and O–H groups in total. The molecule has 0 aromatic heterocycles. The van der Waals surface area contributed by atoms with Crippen LogP contribution < -0.4 is 5.32 Å². The summed E-state index contributed by atoms with van der Waals surface area (Å²) < 4.78 is 39.7. The standard InChI is InChI=1S/C12H15F3N2O2.ClH/c13-12(14,15)11(17-6-4-16-5-7-17)8-2-1-3-9(18)10(8)19;/h1-3,11,16,18-19H,4-7H2;1H/t11-;/m0./s1. The van der Waals surface area contributed by atoms with Crippen LogP contribution in [0.2, 0.25) is 0 Å². The van der Waals surface area contributed by atoms with Gasteiger partial charge in [-0.05, 0) is 6.07 Å². The van der Waals surface area contributed by atoms with Crippen LogP contribution in [-0.2, 0) is 0 Å². The number of nitrogens with one attached hydrogen (secondary N) is 1. The molecule has 1 fully saturated rings. The molecule has 2 rings (SSSR count). The summed E-state index contributed by atoms with van der Waals surface area (Å²) in [4.78, 5) is 1.25. The lowest BCUT2D eigenvalue weighted by molar-refractivity contribution is -0.188. The van der Waals surface area contributed by atoms with E-state index >= 15 is 0 Å². The smallest absolute Gasteiger partial charge is 0.408 e. The Morgan fingerprint density at radius 2 is 1.75 bits per heavy atom. The topological polar surface area (TPSA) is 55.7 Å². The first-order chi connectivity index (χ1) is 8.91. The Balaban J connectivity index is 0.00000200. The van der Waals surface area contributed by atoms with Crippen LogP contribution in [0.3, 0.4) is 0 Å². The third-order valence-corrected chi connectivity index (χ3v) is 3.17. The summed E-state index contributed by atoms with van der Waals surface area (Å²) >= 11 is 0. The van der Waals surface area contributed by atoms with Crippen LogP contribution >= 0.6 is 12.4 Å². The van der Waals surface area contributed by atoms with E-state index in [1.807, 2.05) is 0 Å². The summed E-state index contributed by atoms with van der Waals surface area (Å²) in [6, 6.07) is 1.74. The van der Waals surface area contributed by atoms with E-state index in [-0.39, 0.29) is 31.1 Å². The van der Waals surface area contributed by atoms with E-state index < -0.39 is 23.7 Å². The van der Waals surface area contributed by atoms with Gasteiger partial charge in [0.2, 0.25) is 0 Å². The molecule has 0 bridgehead atoms. The number of phenols is 2. The highest BCUT2D eigenvalue weighted by atomic mass is 35.5. The van der Waals surface area contributed by atoms with Crippen molar-refractivity contribution < 1.29 is 23.4 Å². The SMILES string of the molecule is Cl.Oc1cccc([C@H](N2CCNCC2)C(F)(F)F)c1O. The summed E-state index contributed by atoms with van der Waals surface area (Å²) in [5.41, 5.74) is -0.311. The lowest BCUT2D eigenvalue weighted by Crippen LogP contribution is -2.49. The summed E-state index contributed by atoms with van der Waals surface area (Å²) in [6.45, 7) is 1.40. The van der Waals surface area contributed by atoms with E-state index in [2.05, 4.69) is 5.32 Å². The number of para-hydroxylation sites is 1. The summed E-state index contributed by atoms with van der Waals surface area (Å²) in [7, 11) is 0. The van der Waals surface area contributed by atoms with Gasteiger partial charge in [0.1, 0.15) is 6.04 Å². The average molecular weight is 313 g/mol. The molecule has 0 aliphatic carbocycles. The number of nitrogens with zero attached hydrogens (tertiary/aromatic N) is 1. The number of hydrogen-bond donors (Lipinski definition) is 3. The van der Waals surface area contributed by atoms with E-state index in [1.165, 1.54) is 17.0 Å². The summed E-state index contributed by atoms with van der Waals surface area (Å²) in [5.74, 6) is -1.25. The molecule has 4 nitrogen and oxygen atoms in total.